The van der Waals surface area contributed by atoms with Crippen molar-refractivity contribution in [1.82, 2.24) is 4.90 Å². The largest absolute Gasteiger partial charge is 0.298 e. The molecular weight excluding hydrogens is 205 g/mol. The zero-order valence-corrected chi connectivity index (χ0v) is 10.0. The van der Waals surface area contributed by atoms with Crippen molar-refractivity contribution in [3.05, 3.63) is 35.6 Å². The molecule has 0 N–H and O–H groups in total. The summed E-state index contributed by atoms with van der Waals surface area (Å²) in [6.07, 6.45) is 0. The minimum Gasteiger partial charge on any atom is -0.298 e. The van der Waals surface area contributed by atoms with E-state index in [-0.39, 0.29) is 17.5 Å². The molecule has 0 saturated heterocycles. The SMILES string of the molecule is CC(C)C(=O)CN(C)Cc1ccc(F)cc1. The first-order valence-electron chi connectivity index (χ1n) is 5.44. The molecule has 88 valence electrons. The molecule has 0 heterocycles. The van der Waals surface area contributed by atoms with Gasteiger partial charge in [0.2, 0.25) is 0 Å². The van der Waals surface area contributed by atoms with Gasteiger partial charge < -0.3 is 0 Å². The van der Waals surface area contributed by atoms with Gasteiger partial charge in [0.15, 0.2) is 0 Å². The molecule has 0 atom stereocenters. The van der Waals surface area contributed by atoms with Crippen LogP contribution in [0, 0.1) is 11.7 Å². The number of halogens is 1. The van der Waals surface area contributed by atoms with Crippen molar-refractivity contribution in [1.29, 1.82) is 0 Å². The first-order valence-corrected chi connectivity index (χ1v) is 5.44. The zero-order valence-electron chi connectivity index (χ0n) is 10.0. The number of hydrogen-bond acceptors (Lipinski definition) is 2. The van der Waals surface area contributed by atoms with E-state index in [0.717, 1.165) is 5.56 Å². The van der Waals surface area contributed by atoms with Gasteiger partial charge in [-0.3, -0.25) is 9.69 Å². The Morgan fingerprint density at radius 2 is 1.88 bits per heavy atom. The topological polar surface area (TPSA) is 20.3 Å². The highest BCUT2D eigenvalue weighted by atomic mass is 19.1. The van der Waals surface area contributed by atoms with Gasteiger partial charge in [-0.2, -0.15) is 0 Å². The number of rotatable bonds is 5. The summed E-state index contributed by atoms with van der Waals surface area (Å²) in [6.45, 7) is 4.90. The van der Waals surface area contributed by atoms with Crippen LogP contribution in [0.4, 0.5) is 4.39 Å². The first kappa shape index (κ1) is 12.8. The maximum atomic E-state index is 12.7. The Balaban J connectivity index is 2.48. The molecule has 0 fully saturated rings. The Morgan fingerprint density at radius 3 is 2.38 bits per heavy atom. The Labute approximate surface area is 96.1 Å². The standard InChI is InChI=1S/C13H18FNO/c1-10(2)13(16)9-15(3)8-11-4-6-12(14)7-5-11/h4-7,10H,8-9H2,1-3H3. The molecule has 0 aliphatic heterocycles. The van der Waals surface area contributed by atoms with Gasteiger partial charge in [-0.15, -0.1) is 0 Å². The quantitative estimate of drug-likeness (QED) is 0.764. The van der Waals surface area contributed by atoms with Crippen LogP contribution in [0.2, 0.25) is 0 Å². The Hall–Kier alpha value is -1.22. The van der Waals surface area contributed by atoms with Gasteiger partial charge in [0, 0.05) is 12.5 Å². The molecule has 2 nitrogen and oxygen atoms in total. The molecule has 0 spiro atoms. The van der Waals surface area contributed by atoms with E-state index in [1.165, 1.54) is 12.1 Å². The normalized spacial score (nSPS) is 11.1. The van der Waals surface area contributed by atoms with Gasteiger partial charge in [-0.25, -0.2) is 4.39 Å². The second-order valence-electron chi connectivity index (χ2n) is 4.42. The number of benzene rings is 1. The Morgan fingerprint density at radius 1 is 1.31 bits per heavy atom. The summed E-state index contributed by atoms with van der Waals surface area (Å²) in [4.78, 5) is 13.4. The Kier molecular flexibility index (Phi) is 4.62. The third kappa shape index (κ3) is 4.11. The summed E-state index contributed by atoms with van der Waals surface area (Å²) in [7, 11) is 1.89. The van der Waals surface area contributed by atoms with Crippen molar-refractivity contribution < 1.29 is 9.18 Å². The van der Waals surface area contributed by atoms with Gasteiger partial charge >= 0.3 is 0 Å². The average Bonchev–Trinajstić information content (AvgIpc) is 2.21. The van der Waals surface area contributed by atoms with Crippen LogP contribution in [-0.2, 0) is 11.3 Å². The molecule has 16 heavy (non-hydrogen) atoms. The second kappa shape index (κ2) is 5.75. The summed E-state index contributed by atoms with van der Waals surface area (Å²) >= 11 is 0. The van der Waals surface area contributed by atoms with Crippen LogP contribution in [0.1, 0.15) is 19.4 Å². The van der Waals surface area contributed by atoms with Crippen LogP contribution in [0.3, 0.4) is 0 Å². The summed E-state index contributed by atoms with van der Waals surface area (Å²) in [5.74, 6) is 0.0601. The van der Waals surface area contributed by atoms with E-state index in [1.54, 1.807) is 12.1 Å². The number of hydrogen-bond donors (Lipinski definition) is 0. The summed E-state index contributed by atoms with van der Waals surface area (Å²) in [5, 5.41) is 0. The van der Waals surface area contributed by atoms with Crippen molar-refractivity contribution >= 4 is 5.78 Å². The van der Waals surface area contributed by atoms with Gasteiger partial charge in [-0.1, -0.05) is 26.0 Å². The molecule has 0 radical (unpaired) electrons. The molecule has 1 aromatic carbocycles. The summed E-state index contributed by atoms with van der Waals surface area (Å²) < 4.78 is 12.7. The van der Waals surface area contributed by atoms with Crippen LogP contribution in [-0.4, -0.2) is 24.3 Å². The molecular formula is C13H18FNO. The van der Waals surface area contributed by atoms with Crippen LogP contribution < -0.4 is 0 Å². The fourth-order valence-electron chi connectivity index (χ4n) is 1.41. The molecule has 0 unspecified atom stereocenters. The molecule has 0 saturated carbocycles. The van der Waals surface area contributed by atoms with Crippen LogP contribution in [0.15, 0.2) is 24.3 Å². The van der Waals surface area contributed by atoms with Crippen molar-refractivity contribution in [2.45, 2.75) is 20.4 Å². The molecule has 0 bridgehead atoms. The van der Waals surface area contributed by atoms with E-state index >= 15 is 0 Å². The van der Waals surface area contributed by atoms with E-state index in [9.17, 15) is 9.18 Å². The molecule has 3 heteroatoms. The average molecular weight is 223 g/mol. The molecule has 0 aromatic heterocycles. The third-order valence-electron chi connectivity index (χ3n) is 2.44. The van der Waals surface area contributed by atoms with Crippen molar-refractivity contribution in [3.8, 4) is 0 Å². The molecule has 1 rings (SSSR count). The number of ketones is 1. The second-order valence-corrected chi connectivity index (χ2v) is 4.42. The molecule has 0 aliphatic rings. The van der Waals surface area contributed by atoms with Gasteiger partial charge in [0.05, 0.1) is 6.54 Å². The first-order chi connectivity index (χ1) is 7.49. The molecule has 0 amide bonds. The number of Topliss-reactive ketones (excluding diaryl/α,β-unsaturated/α-hetero) is 1. The van der Waals surface area contributed by atoms with E-state index in [2.05, 4.69) is 0 Å². The lowest BCUT2D eigenvalue weighted by Crippen LogP contribution is -2.28. The van der Waals surface area contributed by atoms with Crippen LogP contribution in [0.25, 0.3) is 0 Å². The maximum absolute atomic E-state index is 12.7. The fourth-order valence-corrected chi connectivity index (χ4v) is 1.41. The zero-order chi connectivity index (χ0) is 12.1. The van der Waals surface area contributed by atoms with Gasteiger partial charge in [0.25, 0.3) is 0 Å². The van der Waals surface area contributed by atoms with Crippen molar-refractivity contribution in [2.24, 2.45) is 5.92 Å². The van der Waals surface area contributed by atoms with E-state index in [1.807, 2.05) is 25.8 Å². The summed E-state index contributed by atoms with van der Waals surface area (Å²) in [6, 6.07) is 6.36. The number of carbonyl (C=O) groups is 1. The maximum Gasteiger partial charge on any atom is 0.149 e. The van der Waals surface area contributed by atoms with Gasteiger partial charge in [-0.05, 0) is 24.7 Å². The lowest BCUT2D eigenvalue weighted by Gasteiger charge is -2.16. The number of likely N-dealkylation sites (N-methyl/N-ethyl adjacent to an activating group) is 1. The minimum absolute atomic E-state index is 0.0654. The highest BCUT2D eigenvalue weighted by Gasteiger charge is 2.10. The monoisotopic (exact) mass is 223 g/mol. The van der Waals surface area contributed by atoms with Crippen LogP contribution >= 0.6 is 0 Å². The minimum atomic E-state index is -0.232. The summed E-state index contributed by atoms with van der Waals surface area (Å²) in [5.41, 5.74) is 1.01. The van der Waals surface area contributed by atoms with E-state index < -0.39 is 0 Å². The van der Waals surface area contributed by atoms with E-state index in [0.29, 0.717) is 13.1 Å². The molecule has 1 aromatic rings. The van der Waals surface area contributed by atoms with Crippen molar-refractivity contribution in [2.75, 3.05) is 13.6 Å². The predicted molar refractivity (Wildman–Crippen MR) is 62.6 cm³/mol. The molecule has 0 aliphatic carbocycles. The highest BCUT2D eigenvalue weighted by Crippen LogP contribution is 2.06. The van der Waals surface area contributed by atoms with E-state index in [4.69, 9.17) is 0 Å². The fraction of sp³-hybridized carbons (Fsp3) is 0.462. The number of carbonyl (C=O) groups excluding carboxylic acids is 1. The lowest BCUT2D eigenvalue weighted by atomic mass is 10.1. The predicted octanol–water partition coefficient (Wildman–Crippen LogP) is 2.48. The third-order valence-corrected chi connectivity index (χ3v) is 2.44. The van der Waals surface area contributed by atoms with Crippen LogP contribution in [0.5, 0.6) is 0 Å². The van der Waals surface area contributed by atoms with Crippen molar-refractivity contribution in [3.63, 3.8) is 0 Å². The highest BCUT2D eigenvalue weighted by molar-refractivity contribution is 5.82. The smallest absolute Gasteiger partial charge is 0.149 e. The Bertz CT molecular complexity index is 345. The lowest BCUT2D eigenvalue weighted by molar-refractivity contribution is -0.122. The number of nitrogens with zero attached hydrogens (tertiary/aromatic N) is 1. The van der Waals surface area contributed by atoms with Gasteiger partial charge in [0.1, 0.15) is 11.6 Å².